The Hall–Kier alpha value is -4.77. The number of rotatable bonds is 6. The number of aromatic nitrogens is 4. The summed E-state index contributed by atoms with van der Waals surface area (Å²) in [7, 11) is 1.68. The van der Waals surface area contributed by atoms with Crippen LogP contribution in [0.4, 0.5) is 10.6 Å². The van der Waals surface area contributed by atoms with Crippen molar-refractivity contribution in [1.82, 2.24) is 34.2 Å². The van der Waals surface area contributed by atoms with Gasteiger partial charge in [0.25, 0.3) is 0 Å². The van der Waals surface area contributed by atoms with E-state index in [-0.39, 0.29) is 18.0 Å². The molecule has 3 aliphatic rings. The third-order valence-corrected chi connectivity index (χ3v) is 9.53. The van der Waals surface area contributed by atoms with E-state index in [0.717, 1.165) is 28.0 Å². The first-order valence-corrected chi connectivity index (χ1v) is 15.5. The zero-order valence-electron chi connectivity index (χ0n) is 25.7. The lowest BCUT2D eigenvalue weighted by Gasteiger charge is -2.40. The summed E-state index contributed by atoms with van der Waals surface area (Å²) in [5, 5.41) is 0. The molecule has 0 unspecified atom stereocenters. The number of nitrogen functional groups attached to an aromatic ring is 1. The van der Waals surface area contributed by atoms with E-state index in [0.29, 0.717) is 56.7 Å². The highest BCUT2D eigenvalue weighted by Crippen LogP contribution is 2.42. The van der Waals surface area contributed by atoms with E-state index in [1.807, 2.05) is 47.2 Å². The number of carbonyl (C=O) groups excluding carboxylic acids is 2. The van der Waals surface area contributed by atoms with Crippen LogP contribution in [0.5, 0.6) is 0 Å². The van der Waals surface area contributed by atoms with E-state index in [1.165, 1.54) is 24.5 Å². The van der Waals surface area contributed by atoms with Gasteiger partial charge in [-0.25, -0.2) is 14.8 Å². The average Bonchev–Trinajstić information content (AvgIpc) is 3.71. The van der Waals surface area contributed by atoms with Crippen molar-refractivity contribution in [3.05, 3.63) is 78.8 Å². The highest BCUT2D eigenvalue weighted by molar-refractivity contribution is 5.88. The van der Waals surface area contributed by atoms with Crippen LogP contribution in [0, 0.1) is 0 Å². The average molecular weight is 607 g/mol. The summed E-state index contributed by atoms with van der Waals surface area (Å²) in [6.07, 6.45) is 7.90. The molecule has 45 heavy (non-hydrogen) atoms. The number of carbonyl (C=O) groups is 2. The molecule has 11 heteroatoms. The number of pyridine rings is 2. The van der Waals surface area contributed by atoms with Crippen molar-refractivity contribution in [2.45, 2.75) is 43.7 Å². The van der Waals surface area contributed by atoms with Gasteiger partial charge in [0, 0.05) is 51.9 Å². The van der Waals surface area contributed by atoms with Gasteiger partial charge >= 0.3 is 6.03 Å². The lowest BCUT2D eigenvalue weighted by atomic mass is 9.97. The smallest absolute Gasteiger partial charge is 0.320 e. The van der Waals surface area contributed by atoms with Crippen molar-refractivity contribution in [1.29, 1.82) is 0 Å². The van der Waals surface area contributed by atoms with Gasteiger partial charge in [-0.3, -0.25) is 14.3 Å². The van der Waals surface area contributed by atoms with E-state index in [4.69, 9.17) is 20.4 Å². The lowest BCUT2D eigenvalue weighted by molar-refractivity contribution is -0.129. The fourth-order valence-electron chi connectivity index (χ4n) is 6.80. The first-order valence-electron chi connectivity index (χ1n) is 15.5. The number of nitrogens with two attached hydrogens (primary N) is 1. The van der Waals surface area contributed by atoms with Gasteiger partial charge in [0.2, 0.25) is 5.91 Å². The first kappa shape index (κ1) is 29.0. The monoisotopic (exact) mass is 606 g/mol. The molecule has 2 N–H and O–H groups in total. The molecule has 1 saturated carbocycles. The molecule has 0 bridgehead atoms. The zero-order valence-corrected chi connectivity index (χ0v) is 25.7. The maximum Gasteiger partial charge on any atom is 0.320 e. The maximum absolute atomic E-state index is 13.6. The number of anilines is 1. The van der Waals surface area contributed by atoms with Crippen LogP contribution < -0.4 is 5.73 Å². The number of hydrogen-bond donors (Lipinski definition) is 1. The minimum atomic E-state index is -0.729. The highest BCUT2D eigenvalue weighted by atomic mass is 16.5. The predicted molar refractivity (Wildman–Crippen MR) is 172 cm³/mol. The van der Waals surface area contributed by atoms with Gasteiger partial charge in [0.05, 0.1) is 40.7 Å². The number of imidazole rings is 1. The van der Waals surface area contributed by atoms with E-state index >= 15 is 0 Å². The Morgan fingerprint density at radius 1 is 1.09 bits per heavy atom. The molecule has 2 saturated heterocycles. The standard InChI is InChI=1S/C34H38N8O3/c1-4-30(43)41-17-16-39(20-22(41)2)33(44)40-15-13-34(21-40,45-3)29-12-10-25(19-37-29)42-28-18-24(23-7-8-23)9-11-27(28)38-32(42)26-6-5-14-36-31(26)35/h4-6,9-12,14,18-19,22-23H,1,7-8,13,15-17,20-21H2,2-3H3,(H2,35,36)/t22-,34+/m1/s1. The summed E-state index contributed by atoms with van der Waals surface area (Å²) in [6, 6.07) is 14.2. The minimum Gasteiger partial charge on any atom is -0.383 e. The molecule has 0 radical (unpaired) electrons. The van der Waals surface area contributed by atoms with Crippen LogP contribution in [-0.2, 0) is 15.1 Å². The van der Waals surface area contributed by atoms with Gasteiger partial charge in [-0.15, -0.1) is 0 Å². The quantitative estimate of drug-likeness (QED) is 0.324. The molecule has 11 nitrogen and oxygen atoms in total. The van der Waals surface area contributed by atoms with Crippen molar-refractivity contribution in [3.8, 4) is 17.1 Å². The van der Waals surface area contributed by atoms with Crippen LogP contribution in [0.25, 0.3) is 28.1 Å². The Balaban J connectivity index is 1.17. The van der Waals surface area contributed by atoms with Gasteiger partial charge in [-0.1, -0.05) is 12.6 Å². The summed E-state index contributed by atoms with van der Waals surface area (Å²) in [5.41, 5.74) is 11.2. The number of methoxy groups -OCH3 is 1. The number of amides is 3. The molecule has 5 heterocycles. The molecule has 2 atom stereocenters. The molecule has 1 aromatic carbocycles. The number of urea groups is 1. The second-order valence-electron chi connectivity index (χ2n) is 12.3. The number of nitrogens with zero attached hydrogens (tertiary/aromatic N) is 7. The van der Waals surface area contributed by atoms with E-state index in [9.17, 15) is 9.59 Å². The summed E-state index contributed by atoms with van der Waals surface area (Å²) in [5.74, 6) is 1.62. The number of likely N-dealkylation sites (tertiary alicyclic amines) is 1. The van der Waals surface area contributed by atoms with Crippen molar-refractivity contribution >= 4 is 28.8 Å². The number of fused-ring (bicyclic) bond motifs is 1. The lowest BCUT2D eigenvalue weighted by Crippen LogP contribution is -2.57. The first-order chi connectivity index (χ1) is 21.8. The van der Waals surface area contributed by atoms with Crippen molar-refractivity contribution in [2.24, 2.45) is 0 Å². The number of piperazine rings is 1. The summed E-state index contributed by atoms with van der Waals surface area (Å²) >= 11 is 0. The molecule has 0 spiro atoms. The number of benzene rings is 1. The number of ether oxygens (including phenoxy) is 1. The molecule has 232 valence electrons. The third kappa shape index (κ3) is 5.10. The predicted octanol–water partition coefficient (Wildman–Crippen LogP) is 4.33. The van der Waals surface area contributed by atoms with E-state index in [1.54, 1.807) is 18.2 Å². The van der Waals surface area contributed by atoms with Crippen LogP contribution in [0.15, 0.2) is 67.5 Å². The van der Waals surface area contributed by atoms with Crippen molar-refractivity contribution in [3.63, 3.8) is 0 Å². The molecular weight excluding hydrogens is 568 g/mol. The van der Waals surface area contributed by atoms with Crippen LogP contribution in [0.1, 0.15) is 43.4 Å². The topological polar surface area (TPSA) is 123 Å². The van der Waals surface area contributed by atoms with Gasteiger partial charge in [0.15, 0.2) is 0 Å². The normalized spacial score (nSPS) is 21.8. The van der Waals surface area contributed by atoms with Crippen molar-refractivity contribution < 1.29 is 14.3 Å². The molecule has 3 amide bonds. The maximum atomic E-state index is 13.6. The van der Waals surface area contributed by atoms with Crippen LogP contribution >= 0.6 is 0 Å². The molecule has 4 aromatic rings. The molecular formula is C34H38N8O3. The van der Waals surface area contributed by atoms with E-state index < -0.39 is 5.60 Å². The second-order valence-corrected chi connectivity index (χ2v) is 12.3. The largest absolute Gasteiger partial charge is 0.383 e. The molecule has 2 aliphatic heterocycles. The third-order valence-electron chi connectivity index (χ3n) is 9.53. The van der Waals surface area contributed by atoms with Gasteiger partial charge in [0.1, 0.15) is 17.2 Å². The summed E-state index contributed by atoms with van der Waals surface area (Å²) in [6.45, 7) is 7.95. The van der Waals surface area contributed by atoms with Gasteiger partial charge in [-0.2, -0.15) is 0 Å². The Morgan fingerprint density at radius 2 is 1.93 bits per heavy atom. The van der Waals surface area contributed by atoms with Crippen molar-refractivity contribution in [2.75, 3.05) is 45.6 Å². The minimum absolute atomic E-state index is 0.0434. The Bertz CT molecular complexity index is 1780. The van der Waals surface area contributed by atoms with Crippen LogP contribution in [-0.4, -0.2) is 92.0 Å². The van der Waals surface area contributed by atoms with Crippen LogP contribution in [0.2, 0.25) is 0 Å². The fraction of sp³-hybridized carbons (Fsp3) is 0.382. The Labute approximate surface area is 262 Å². The van der Waals surface area contributed by atoms with Gasteiger partial charge < -0.3 is 25.2 Å². The fourth-order valence-corrected chi connectivity index (χ4v) is 6.80. The van der Waals surface area contributed by atoms with Gasteiger partial charge in [-0.05, 0) is 73.7 Å². The Morgan fingerprint density at radius 3 is 2.62 bits per heavy atom. The Kier molecular flexibility index (Phi) is 7.27. The zero-order chi connectivity index (χ0) is 31.3. The van der Waals surface area contributed by atoms with Crippen LogP contribution in [0.3, 0.4) is 0 Å². The molecule has 3 fully saturated rings. The number of hydrogen-bond acceptors (Lipinski definition) is 7. The molecule has 3 aromatic heterocycles. The summed E-state index contributed by atoms with van der Waals surface area (Å²) < 4.78 is 8.22. The summed E-state index contributed by atoms with van der Waals surface area (Å²) in [4.78, 5) is 45.4. The SMILES string of the molecule is C=CC(=O)N1CCN(C(=O)N2CC[C@@](OC)(c3ccc(-n4c(-c5cccnc5N)nc5ccc(C6CC6)cc54)cn3)C2)C[C@H]1C. The molecule has 1 aliphatic carbocycles. The molecule has 7 rings (SSSR count). The highest BCUT2D eigenvalue weighted by Gasteiger charge is 2.44. The van der Waals surface area contributed by atoms with E-state index in [2.05, 4.69) is 34.3 Å². The second kappa shape index (κ2) is 11.3.